The average molecular weight is 130 g/mol. The van der Waals surface area contributed by atoms with Gasteiger partial charge in [-0.2, -0.15) is 0 Å². The maximum Gasteiger partial charge on any atom is 0.0684 e. The van der Waals surface area contributed by atoms with Gasteiger partial charge in [0, 0.05) is 7.05 Å². The zero-order valence-electron chi connectivity index (χ0n) is 6.31. The third-order valence-corrected chi connectivity index (χ3v) is 1.51. The summed E-state index contributed by atoms with van der Waals surface area (Å²) in [5.41, 5.74) is 2.40. The van der Waals surface area contributed by atoms with Crippen molar-refractivity contribution < 1.29 is 4.84 Å². The molecule has 0 spiro atoms. The van der Waals surface area contributed by atoms with E-state index < -0.39 is 0 Å². The molecule has 1 atom stereocenters. The van der Waals surface area contributed by atoms with Gasteiger partial charge >= 0.3 is 0 Å². The second kappa shape index (κ2) is 6.05. The molecule has 0 fully saturated rings. The van der Waals surface area contributed by atoms with Crippen LogP contribution >= 0.6 is 0 Å². The quantitative estimate of drug-likeness (QED) is 0.452. The number of nitrogens with one attached hydrogen (secondary N) is 1. The van der Waals surface area contributed by atoms with E-state index in [1.807, 2.05) is 0 Å². The molecule has 0 aromatic rings. The first-order valence-electron chi connectivity index (χ1n) is 3.45. The molecule has 0 aromatic heterocycles. The first-order valence-corrected chi connectivity index (χ1v) is 3.45. The van der Waals surface area contributed by atoms with E-state index in [9.17, 15) is 0 Å². The summed E-state index contributed by atoms with van der Waals surface area (Å²) in [6, 6.07) is 0. The Morgan fingerprint density at radius 1 is 1.67 bits per heavy atom. The molecule has 0 heterocycles. The van der Waals surface area contributed by atoms with Crippen LogP contribution in [0, 0.1) is 13.0 Å². The van der Waals surface area contributed by atoms with Gasteiger partial charge in [0.15, 0.2) is 0 Å². The van der Waals surface area contributed by atoms with E-state index in [4.69, 9.17) is 4.84 Å². The zero-order valence-corrected chi connectivity index (χ0v) is 6.31. The van der Waals surface area contributed by atoms with Gasteiger partial charge in [0.2, 0.25) is 0 Å². The van der Waals surface area contributed by atoms with E-state index in [1.54, 1.807) is 0 Å². The molecule has 0 rings (SSSR count). The van der Waals surface area contributed by atoms with Crippen molar-refractivity contribution in [1.82, 2.24) is 5.48 Å². The van der Waals surface area contributed by atoms with Crippen molar-refractivity contribution in [3.05, 3.63) is 7.05 Å². The fourth-order valence-corrected chi connectivity index (χ4v) is 0.536. The molecule has 1 radical (unpaired) electrons. The zero-order chi connectivity index (χ0) is 7.11. The predicted octanol–water partition coefficient (Wildman–Crippen LogP) is 1.74. The molecule has 2 heteroatoms. The van der Waals surface area contributed by atoms with E-state index >= 15 is 0 Å². The maximum absolute atomic E-state index is 4.84. The van der Waals surface area contributed by atoms with E-state index in [-0.39, 0.29) is 0 Å². The molecule has 9 heavy (non-hydrogen) atoms. The van der Waals surface area contributed by atoms with Gasteiger partial charge in [-0.05, 0) is 12.3 Å². The average Bonchev–Trinajstić information content (AvgIpc) is 1.89. The van der Waals surface area contributed by atoms with Gasteiger partial charge in [0.05, 0.1) is 6.61 Å². The summed E-state index contributed by atoms with van der Waals surface area (Å²) in [7, 11) is 3.34. The highest BCUT2D eigenvalue weighted by atomic mass is 16.6. The largest absolute Gasteiger partial charge is 0.302 e. The lowest BCUT2D eigenvalue weighted by molar-refractivity contribution is 0.0599. The molecule has 0 aromatic carbocycles. The van der Waals surface area contributed by atoms with Crippen LogP contribution < -0.4 is 5.48 Å². The second-order valence-corrected chi connectivity index (χ2v) is 2.29. The highest BCUT2D eigenvalue weighted by Crippen LogP contribution is 2.04. The Hall–Kier alpha value is -0.0800. The molecule has 2 nitrogen and oxygen atoms in total. The van der Waals surface area contributed by atoms with Gasteiger partial charge in [-0.15, -0.1) is 0 Å². The number of hydrogen-bond acceptors (Lipinski definition) is 2. The number of hydroxylamine groups is 1. The van der Waals surface area contributed by atoms with Gasteiger partial charge in [0.1, 0.15) is 0 Å². The number of rotatable bonds is 5. The van der Waals surface area contributed by atoms with Gasteiger partial charge in [-0.1, -0.05) is 20.3 Å². The first kappa shape index (κ1) is 8.92. The lowest BCUT2D eigenvalue weighted by atomic mass is 10.1. The van der Waals surface area contributed by atoms with Crippen LogP contribution in [0.5, 0.6) is 0 Å². The van der Waals surface area contributed by atoms with Gasteiger partial charge < -0.3 is 4.84 Å². The minimum atomic E-state index is 0.762. The fourth-order valence-electron chi connectivity index (χ4n) is 0.536. The van der Waals surface area contributed by atoms with Crippen molar-refractivity contribution in [1.29, 1.82) is 0 Å². The molecule has 0 saturated carbocycles. The minimum Gasteiger partial charge on any atom is -0.302 e. The van der Waals surface area contributed by atoms with Crippen molar-refractivity contribution in [2.45, 2.75) is 26.7 Å². The van der Waals surface area contributed by atoms with E-state index in [2.05, 4.69) is 26.4 Å². The van der Waals surface area contributed by atoms with Crippen LogP contribution in [0.1, 0.15) is 26.7 Å². The summed E-state index contributed by atoms with van der Waals surface area (Å²) in [6.07, 6.45) is 2.33. The molecule has 55 valence electrons. The molecule has 0 aliphatic rings. The Kier molecular flexibility index (Phi) is 5.99. The normalized spacial score (nSPS) is 13.7. The topological polar surface area (TPSA) is 21.3 Å². The summed E-state index contributed by atoms with van der Waals surface area (Å²) in [4.78, 5) is 4.84. The summed E-state index contributed by atoms with van der Waals surface area (Å²) >= 11 is 0. The lowest BCUT2D eigenvalue weighted by Gasteiger charge is -2.06. The second-order valence-electron chi connectivity index (χ2n) is 2.29. The van der Waals surface area contributed by atoms with E-state index in [1.165, 1.54) is 6.42 Å². The summed E-state index contributed by atoms with van der Waals surface area (Å²) < 4.78 is 0. The van der Waals surface area contributed by atoms with Crippen molar-refractivity contribution in [2.75, 3.05) is 6.61 Å². The highest BCUT2D eigenvalue weighted by molar-refractivity contribution is 4.46. The summed E-state index contributed by atoms with van der Waals surface area (Å²) in [6.45, 7) is 5.16. The third kappa shape index (κ3) is 5.80. The molecular formula is C7H16NO. The summed E-state index contributed by atoms with van der Waals surface area (Å²) in [5.74, 6) is 0.762. The minimum absolute atomic E-state index is 0.762. The summed E-state index contributed by atoms with van der Waals surface area (Å²) in [5, 5.41) is 0. The monoisotopic (exact) mass is 130 g/mol. The van der Waals surface area contributed by atoms with Crippen LogP contribution in [0.3, 0.4) is 0 Å². The Balaban J connectivity index is 2.88. The van der Waals surface area contributed by atoms with Gasteiger partial charge in [-0.3, -0.25) is 0 Å². The van der Waals surface area contributed by atoms with Crippen LogP contribution in [-0.2, 0) is 4.84 Å². The van der Waals surface area contributed by atoms with Crippen molar-refractivity contribution in [3.63, 3.8) is 0 Å². The molecular weight excluding hydrogens is 114 g/mol. The smallest absolute Gasteiger partial charge is 0.0684 e. The molecule has 1 unspecified atom stereocenters. The SMILES string of the molecule is [CH2]NOCCC(C)CC. The molecule has 0 saturated heterocycles. The molecule has 0 aliphatic carbocycles. The van der Waals surface area contributed by atoms with Crippen LogP contribution in [0.2, 0.25) is 0 Å². The van der Waals surface area contributed by atoms with Gasteiger partial charge in [0.25, 0.3) is 0 Å². The number of hydrogen-bond donors (Lipinski definition) is 1. The van der Waals surface area contributed by atoms with Crippen LogP contribution in [0.25, 0.3) is 0 Å². The first-order chi connectivity index (χ1) is 4.31. The van der Waals surface area contributed by atoms with Crippen LogP contribution in [0.4, 0.5) is 0 Å². The van der Waals surface area contributed by atoms with Crippen molar-refractivity contribution in [3.8, 4) is 0 Å². The Labute approximate surface area is 57.5 Å². The van der Waals surface area contributed by atoms with E-state index in [0.29, 0.717) is 0 Å². The van der Waals surface area contributed by atoms with Gasteiger partial charge in [-0.25, -0.2) is 5.48 Å². The molecule has 0 amide bonds. The maximum atomic E-state index is 4.84. The lowest BCUT2D eigenvalue weighted by Crippen LogP contribution is -2.08. The predicted molar refractivity (Wildman–Crippen MR) is 38.5 cm³/mol. The van der Waals surface area contributed by atoms with E-state index in [0.717, 1.165) is 18.9 Å². The standard InChI is InChI=1S/C7H16NO/c1-4-7(2)5-6-9-8-3/h7-8H,3-6H2,1-2H3. The van der Waals surface area contributed by atoms with Crippen molar-refractivity contribution in [2.24, 2.45) is 5.92 Å². The Morgan fingerprint density at radius 2 is 2.33 bits per heavy atom. The Morgan fingerprint density at radius 3 is 2.78 bits per heavy atom. The molecule has 0 bridgehead atoms. The Bertz CT molecular complexity index is 56.9. The molecule has 0 aliphatic heterocycles. The fraction of sp³-hybridized carbons (Fsp3) is 0.857. The highest BCUT2D eigenvalue weighted by Gasteiger charge is 1.96. The molecule has 1 N–H and O–H groups in total. The van der Waals surface area contributed by atoms with Crippen LogP contribution in [0.15, 0.2) is 0 Å². The van der Waals surface area contributed by atoms with Crippen molar-refractivity contribution >= 4 is 0 Å². The van der Waals surface area contributed by atoms with Crippen LogP contribution in [-0.4, -0.2) is 6.61 Å². The third-order valence-electron chi connectivity index (χ3n) is 1.51.